The number of hydrogen-bond donors (Lipinski definition) is 1. The second-order valence-corrected chi connectivity index (χ2v) is 7.59. The van der Waals surface area contributed by atoms with Gasteiger partial charge in [0.2, 0.25) is 5.91 Å². The van der Waals surface area contributed by atoms with Crippen molar-refractivity contribution in [2.24, 2.45) is 17.8 Å². The molecule has 0 radical (unpaired) electrons. The van der Waals surface area contributed by atoms with Crippen molar-refractivity contribution in [1.82, 2.24) is 4.90 Å². The van der Waals surface area contributed by atoms with Crippen LogP contribution in [-0.4, -0.2) is 35.0 Å². The van der Waals surface area contributed by atoms with Gasteiger partial charge in [-0.15, -0.1) is 0 Å². The SMILES string of the molecule is C[C@@H]1CN(C(=O)C2CC23CCCc2ccccc23)C[C@H]1C(=O)O. The van der Waals surface area contributed by atoms with Gasteiger partial charge in [-0.1, -0.05) is 31.2 Å². The summed E-state index contributed by atoms with van der Waals surface area (Å²) in [5.74, 6) is -0.903. The molecule has 4 atom stereocenters. The summed E-state index contributed by atoms with van der Waals surface area (Å²) >= 11 is 0. The zero-order chi connectivity index (χ0) is 16.2. The lowest BCUT2D eigenvalue weighted by atomic mass is 9.78. The molecule has 1 saturated heterocycles. The van der Waals surface area contributed by atoms with Crippen molar-refractivity contribution in [3.8, 4) is 0 Å². The van der Waals surface area contributed by atoms with Gasteiger partial charge in [-0.3, -0.25) is 9.59 Å². The summed E-state index contributed by atoms with van der Waals surface area (Å²) in [5.41, 5.74) is 2.80. The smallest absolute Gasteiger partial charge is 0.308 e. The second kappa shape index (κ2) is 5.08. The van der Waals surface area contributed by atoms with Crippen LogP contribution in [0.5, 0.6) is 0 Å². The first-order valence-electron chi connectivity index (χ1n) is 8.63. The van der Waals surface area contributed by atoms with Crippen molar-refractivity contribution in [3.63, 3.8) is 0 Å². The van der Waals surface area contributed by atoms with Crippen LogP contribution in [0.2, 0.25) is 0 Å². The van der Waals surface area contributed by atoms with Crippen LogP contribution in [0.25, 0.3) is 0 Å². The molecule has 2 aliphatic carbocycles. The molecule has 2 unspecified atom stereocenters. The maximum Gasteiger partial charge on any atom is 0.308 e. The fourth-order valence-electron chi connectivity index (χ4n) is 4.84. The predicted octanol–water partition coefficient (Wildman–Crippen LogP) is 2.46. The number of rotatable bonds is 2. The Morgan fingerprint density at radius 1 is 1.26 bits per heavy atom. The summed E-state index contributed by atoms with van der Waals surface area (Å²) in [5, 5.41) is 9.27. The van der Waals surface area contributed by atoms with Crippen molar-refractivity contribution in [3.05, 3.63) is 35.4 Å². The molecule has 1 amide bonds. The first kappa shape index (κ1) is 14.7. The molecule has 2 fully saturated rings. The number of aryl methyl sites for hydroxylation is 1. The Morgan fingerprint density at radius 3 is 2.78 bits per heavy atom. The predicted molar refractivity (Wildman–Crippen MR) is 86.0 cm³/mol. The Bertz CT molecular complexity index is 670. The third kappa shape index (κ3) is 2.19. The highest BCUT2D eigenvalue weighted by Gasteiger charge is 2.61. The number of amides is 1. The molecule has 122 valence electrons. The van der Waals surface area contributed by atoms with E-state index in [4.69, 9.17) is 0 Å². The van der Waals surface area contributed by atoms with E-state index in [0.29, 0.717) is 13.1 Å². The number of likely N-dealkylation sites (tertiary alicyclic amines) is 1. The van der Waals surface area contributed by atoms with Crippen LogP contribution in [0.4, 0.5) is 0 Å². The van der Waals surface area contributed by atoms with E-state index in [1.165, 1.54) is 11.1 Å². The van der Waals surface area contributed by atoms with E-state index < -0.39 is 11.9 Å². The van der Waals surface area contributed by atoms with Crippen LogP contribution in [0.1, 0.15) is 37.3 Å². The van der Waals surface area contributed by atoms with Crippen molar-refractivity contribution in [2.45, 2.75) is 38.0 Å². The number of carbonyl (C=O) groups excluding carboxylic acids is 1. The number of nitrogens with zero attached hydrogens (tertiary/aromatic N) is 1. The van der Waals surface area contributed by atoms with Crippen LogP contribution in [0.3, 0.4) is 0 Å². The van der Waals surface area contributed by atoms with Crippen LogP contribution in [0.15, 0.2) is 24.3 Å². The molecule has 1 saturated carbocycles. The second-order valence-electron chi connectivity index (χ2n) is 7.59. The van der Waals surface area contributed by atoms with E-state index in [-0.39, 0.29) is 23.2 Å². The van der Waals surface area contributed by atoms with E-state index in [9.17, 15) is 14.7 Å². The molecule has 0 aromatic heterocycles. The third-order valence-electron chi connectivity index (χ3n) is 6.24. The molecule has 23 heavy (non-hydrogen) atoms. The largest absolute Gasteiger partial charge is 0.481 e. The monoisotopic (exact) mass is 313 g/mol. The number of benzene rings is 1. The maximum absolute atomic E-state index is 12.9. The maximum atomic E-state index is 12.9. The summed E-state index contributed by atoms with van der Waals surface area (Å²) in [6.45, 7) is 2.90. The van der Waals surface area contributed by atoms with Crippen molar-refractivity contribution < 1.29 is 14.7 Å². The summed E-state index contributed by atoms with van der Waals surface area (Å²) in [6.07, 6.45) is 4.28. The molecule has 0 bridgehead atoms. The first-order valence-corrected chi connectivity index (χ1v) is 8.63. The van der Waals surface area contributed by atoms with Crippen molar-refractivity contribution in [1.29, 1.82) is 0 Å². The van der Waals surface area contributed by atoms with Gasteiger partial charge >= 0.3 is 5.97 Å². The summed E-state index contributed by atoms with van der Waals surface area (Å²) in [7, 11) is 0. The normalized spacial score (nSPS) is 35.2. The Labute approximate surface area is 136 Å². The number of carbonyl (C=O) groups is 2. The van der Waals surface area contributed by atoms with Gasteiger partial charge in [0.1, 0.15) is 0 Å². The molecule has 4 nitrogen and oxygen atoms in total. The molecule has 1 aliphatic heterocycles. The minimum absolute atomic E-state index is 0.0382. The molecule has 1 heterocycles. The minimum atomic E-state index is -0.777. The number of fused-ring (bicyclic) bond motifs is 2. The van der Waals surface area contributed by atoms with E-state index >= 15 is 0 Å². The van der Waals surface area contributed by atoms with Gasteiger partial charge in [0.05, 0.1) is 5.92 Å². The molecule has 1 aromatic carbocycles. The first-order chi connectivity index (χ1) is 11.0. The molecule has 1 aromatic rings. The standard InChI is InChI=1S/C19H23NO3/c1-12-10-20(11-14(12)18(22)23)17(21)16-9-19(16)8-4-6-13-5-2-3-7-15(13)19/h2-3,5,7,12,14,16H,4,6,8-11H2,1H3,(H,22,23)/t12-,14-,16?,19?/m1/s1. The van der Waals surface area contributed by atoms with Crippen molar-refractivity contribution in [2.75, 3.05) is 13.1 Å². The van der Waals surface area contributed by atoms with Crippen LogP contribution in [0, 0.1) is 17.8 Å². The highest BCUT2D eigenvalue weighted by atomic mass is 16.4. The van der Waals surface area contributed by atoms with E-state index in [1.54, 1.807) is 4.90 Å². The van der Waals surface area contributed by atoms with Crippen LogP contribution < -0.4 is 0 Å². The Hall–Kier alpha value is -1.84. The molecule has 4 rings (SSSR count). The summed E-state index contributed by atoms with van der Waals surface area (Å²) in [4.78, 5) is 26.0. The fraction of sp³-hybridized carbons (Fsp3) is 0.579. The highest BCUT2D eigenvalue weighted by Crippen LogP contribution is 2.61. The molecular weight excluding hydrogens is 290 g/mol. The van der Waals surface area contributed by atoms with Crippen LogP contribution in [-0.2, 0) is 21.4 Å². The third-order valence-corrected chi connectivity index (χ3v) is 6.24. The Kier molecular flexibility index (Phi) is 3.26. The van der Waals surface area contributed by atoms with Gasteiger partial charge in [-0.25, -0.2) is 0 Å². The average molecular weight is 313 g/mol. The van der Waals surface area contributed by atoms with E-state index in [1.807, 2.05) is 6.92 Å². The number of carboxylic acids is 1. The summed E-state index contributed by atoms with van der Waals surface area (Å²) in [6, 6.07) is 8.53. The highest BCUT2D eigenvalue weighted by molar-refractivity contribution is 5.86. The van der Waals surface area contributed by atoms with Crippen LogP contribution >= 0.6 is 0 Å². The average Bonchev–Trinajstić information content (AvgIpc) is 3.10. The van der Waals surface area contributed by atoms with Gasteiger partial charge in [0.25, 0.3) is 0 Å². The molecule has 3 aliphatic rings. The topological polar surface area (TPSA) is 57.6 Å². The molecular formula is C19H23NO3. The Balaban J connectivity index is 1.54. The van der Waals surface area contributed by atoms with Gasteiger partial charge in [0.15, 0.2) is 0 Å². The number of carboxylic acid groups (broad SMARTS) is 1. The molecule has 1 spiro atoms. The Morgan fingerprint density at radius 2 is 2.04 bits per heavy atom. The fourth-order valence-corrected chi connectivity index (χ4v) is 4.84. The lowest BCUT2D eigenvalue weighted by molar-refractivity contribution is -0.142. The minimum Gasteiger partial charge on any atom is -0.481 e. The van der Waals surface area contributed by atoms with E-state index in [0.717, 1.165) is 25.7 Å². The van der Waals surface area contributed by atoms with Gasteiger partial charge in [0, 0.05) is 24.4 Å². The van der Waals surface area contributed by atoms with E-state index in [2.05, 4.69) is 24.3 Å². The summed E-state index contributed by atoms with van der Waals surface area (Å²) < 4.78 is 0. The number of aliphatic carboxylic acids is 1. The zero-order valence-corrected chi connectivity index (χ0v) is 13.5. The number of hydrogen-bond acceptors (Lipinski definition) is 2. The van der Waals surface area contributed by atoms with Gasteiger partial charge in [-0.2, -0.15) is 0 Å². The lowest BCUT2D eigenvalue weighted by Gasteiger charge is -2.27. The van der Waals surface area contributed by atoms with Gasteiger partial charge in [-0.05, 0) is 42.7 Å². The zero-order valence-electron chi connectivity index (χ0n) is 13.5. The molecule has 4 heteroatoms. The van der Waals surface area contributed by atoms with Gasteiger partial charge < -0.3 is 10.0 Å². The van der Waals surface area contributed by atoms with Crippen molar-refractivity contribution >= 4 is 11.9 Å². The lowest BCUT2D eigenvalue weighted by Crippen LogP contribution is -2.34. The quantitative estimate of drug-likeness (QED) is 0.912. The molecule has 1 N–H and O–H groups in total.